The standard InChI is InChI=1S/C10H13NO3/c1-10(2,3)14-9(13)8-6-7(12)4-5-11-8/h4-6H,1-3H3,(H,11,12). The lowest BCUT2D eigenvalue weighted by Gasteiger charge is -2.19. The Bertz CT molecular complexity index is 387. The Labute approximate surface area is 81.9 Å². The molecule has 0 saturated heterocycles. The molecule has 1 aromatic rings. The van der Waals surface area contributed by atoms with Gasteiger partial charge in [-0.2, -0.15) is 0 Å². The Morgan fingerprint density at radius 2 is 2.07 bits per heavy atom. The summed E-state index contributed by atoms with van der Waals surface area (Å²) >= 11 is 0. The molecule has 0 aliphatic carbocycles. The lowest BCUT2D eigenvalue weighted by molar-refractivity contribution is 0.00627. The van der Waals surface area contributed by atoms with Gasteiger partial charge in [0.05, 0.1) is 0 Å². The zero-order valence-corrected chi connectivity index (χ0v) is 8.46. The number of carbonyl (C=O) groups is 1. The summed E-state index contributed by atoms with van der Waals surface area (Å²) in [7, 11) is 0. The van der Waals surface area contributed by atoms with Gasteiger partial charge in [-0.1, -0.05) is 0 Å². The van der Waals surface area contributed by atoms with E-state index in [1.807, 2.05) is 0 Å². The van der Waals surface area contributed by atoms with Crippen molar-refractivity contribution in [1.29, 1.82) is 0 Å². The van der Waals surface area contributed by atoms with Gasteiger partial charge in [-0.3, -0.25) is 4.79 Å². The molecule has 0 radical (unpaired) electrons. The van der Waals surface area contributed by atoms with Crippen LogP contribution in [0.4, 0.5) is 0 Å². The van der Waals surface area contributed by atoms with Crippen molar-refractivity contribution >= 4 is 5.97 Å². The summed E-state index contributed by atoms with van der Waals surface area (Å²) in [5, 5.41) is 0. The maximum absolute atomic E-state index is 11.4. The van der Waals surface area contributed by atoms with Crippen molar-refractivity contribution in [2.24, 2.45) is 0 Å². The van der Waals surface area contributed by atoms with Gasteiger partial charge in [0.1, 0.15) is 11.3 Å². The molecule has 4 heteroatoms. The summed E-state index contributed by atoms with van der Waals surface area (Å²) in [6.45, 7) is 5.31. The molecule has 0 fully saturated rings. The number of ether oxygens (including phenoxy) is 1. The molecule has 1 heterocycles. The number of hydrogen-bond acceptors (Lipinski definition) is 3. The van der Waals surface area contributed by atoms with Crippen molar-refractivity contribution in [1.82, 2.24) is 4.98 Å². The lowest BCUT2D eigenvalue weighted by atomic mass is 10.2. The molecule has 14 heavy (non-hydrogen) atoms. The van der Waals surface area contributed by atoms with Crippen molar-refractivity contribution in [3.05, 3.63) is 34.2 Å². The molecular formula is C10H13NO3. The number of hydrogen-bond donors (Lipinski definition) is 1. The largest absolute Gasteiger partial charge is 0.455 e. The van der Waals surface area contributed by atoms with Crippen LogP contribution in [0.25, 0.3) is 0 Å². The average molecular weight is 195 g/mol. The van der Waals surface area contributed by atoms with E-state index >= 15 is 0 Å². The van der Waals surface area contributed by atoms with Gasteiger partial charge in [-0.15, -0.1) is 0 Å². The fourth-order valence-corrected chi connectivity index (χ4v) is 0.897. The van der Waals surface area contributed by atoms with E-state index in [0.717, 1.165) is 0 Å². The second kappa shape index (κ2) is 3.65. The molecule has 0 aliphatic rings. The highest BCUT2D eigenvalue weighted by Gasteiger charge is 2.18. The number of rotatable bonds is 1. The Hall–Kier alpha value is -1.58. The van der Waals surface area contributed by atoms with Gasteiger partial charge < -0.3 is 9.72 Å². The second-order valence-corrected chi connectivity index (χ2v) is 3.94. The van der Waals surface area contributed by atoms with E-state index in [-0.39, 0.29) is 11.1 Å². The molecular weight excluding hydrogens is 182 g/mol. The van der Waals surface area contributed by atoms with Crippen LogP contribution < -0.4 is 5.43 Å². The smallest absolute Gasteiger partial charge is 0.355 e. The van der Waals surface area contributed by atoms with Crippen LogP contribution in [0.1, 0.15) is 31.3 Å². The van der Waals surface area contributed by atoms with Crippen molar-refractivity contribution in [2.45, 2.75) is 26.4 Å². The number of esters is 1. The van der Waals surface area contributed by atoms with Crippen LogP contribution in [-0.4, -0.2) is 16.6 Å². The molecule has 1 rings (SSSR count). The van der Waals surface area contributed by atoms with Gasteiger partial charge in [0.15, 0.2) is 5.43 Å². The number of pyridine rings is 1. The molecule has 4 nitrogen and oxygen atoms in total. The minimum Gasteiger partial charge on any atom is -0.455 e. The monoisotopic (exact) mass is 195 g/mol. The van der Waals surface area contributed by atoms with Crippen LogP contribution in [0.5, 0.6) is 0 Å². The van der Waals surface area contributed by atoms with E-state index in [0.29, 0.717) is 0 Å². The molecule has 0 bridgehead atoms. The molecule has 0 aliphatic heterocycles. The molecule has 0 saturated carbocycles. The van der Waals surface area contributed by atoms with Crippen LogP contribution in [0, 0.1) is 0 Å². The molecule has 0 unspecified atom stereocenters. The van der Waals surface area contributed by atoms with Crippen molar-refractivity contribution in [2.75, 3.05) is 0 Å². The Kier molecular flexibility index (Phi) is 2.74. The van der Waals surface area contributed by atoms with Crippen LogP contribution in [0.15, 0.2) is 23.1 Å². The maximum atomic E-state index is 11.4. The highest BCUT2D eigenvalue weighted by molar-refractivity contribution is 5.87. The average Bonchev–Trinajstić information content (AvgIpc) is 2.01. The van der Waals surface area contributed by atoms with Gasteiger partial charge >= 0.3 is 5.97 Å². The van der Waals surface area contributed by atoms with Crippen LogP contribution in [0.3, 0.4) is 0 Å². The minimum atomic E-state index is -0.552. The van der Waals surface area contributed by atoms with E-state index in [1.54, 1.807) is 20.8 Å². The molecule has 1 aromatic heterocycles. The maximum Gasteiger partial charge on any atom is 0.355 e. The lowest BCUT2D eigenvalue weighted by Crippen LogP contribution is -2.25. The van der Waals surface area contributed by atoms with E-state index in [2.05, 4.69) is 4.98 Å². The fourth-order valence-electron chi connectivity index (χ4n) is 0.897. The van der Waals surface area contributed by atoms with E-state index in [4.69, 9.17) is 4.74 Å². The van der Waals surface area contributed by atoms with Gasteiger partial charge in [-0.05, 0) is 20.8 Å². The number of H-pyrrole nitrogens is 1. The highest BCUT2D eigenvalue weighted by atomic mass is 16.6. The first-order chi connectivity index (χ1) is 6.38. The van der Waals surface area contributed by atoms with Crippen LogP contribution in [-0.2, 0) is 4.74 Å². The summed E-state index contributed by atoms with van der Waals surface area (Å²) in [6.07, 6.45) is 1.42. The normalized spacial score (nSPS) is 11.1. The first-order valence-corrected chi connectivity index (χ1v) is 4.30. The summed E-state index contributed by atoms with van der Waals surface area (Å²) in [5.74, 6) is -0.518. The zero-order chi connectivity index (χ0) is 10.8. The number of aromatic nitrogens is 1. The van der Waals surface area contributed by atoms with Crippen molar-refractivity contribution < 1.29 is 9.53 Å². The number of nitrogens with one attached hydrogen (secondary N) is 1. The van der Waals surface area contributed by atoms with Gasteiger partial charge in [0, 0.05) is 18.3 Å². The molecule has 1 N–H and O–H groups in total. The third-order valence-corrected chi connectivity index (χ3v) is 1.39. The first-order valence-electron chi connectivity index (χ1n) is 4.30. The van der Waals surface area contributed by atoms with Gasteiger partial charge in [0.2, 0.25) is 0 Å². The molecule has 76 valence electrons. The Morgan fingerprint density at radius 3 is 2.57 bits per heavy atom. The minimum absolute atomic E-state index is 0.174. The third-order valence-electron chi connectivity index (χ3n) is 1.39. The second-order valence-electron chi connectivity index (χ2n) is 3.94. The summed E-state index contributed by atoms with van der Waals surface area (Å²) < 4.78 is 5.07. The SMILES string of the molecule is CC(C)(C)OC(=O)c1cc(=O)cc[nH]1. The van der Waals surface area contributed by atoms with E-state index < -0.39 is 11.6 Å². The number of aromatic amines is 1. The molecule has 0 spiro atoms. The topological polar surface area (TPSA) is 59.2 Å². The van der Waals surface area contributed by atoms with Crippen molar-refractivity contribution in [3.63, 3.8) is 0 Å². The third kappa shape index (κ3) is 3.05. The zero-order valence-electron chi connectivity index (χ0n) is 8.46. The van der Waals surface area contributed by atoms with E-state index in [1.165, 1.54) is 18.3 Å². The van der Waals surface area contributed by atoms with Gasteiger partial charge in [0.25, 0.3) is 0 Å². The highest BCUT2D eigenvalue weighted by Crippen LogP contribution is 2.09. The summed E-state index contributed by atoms with van der Waals surface area (Å²) in [6, 6.07) is 2.56. The van der Waals surface area contributed by atoms with Crippen LogP contribution >= 0.6 is 0 Å². The Morgan fingerprint density at radius 1 is 1.43 bits per heavy atom. The summed E-state index contributed by atoms with van der Waals surface area (Å²) in [5.41, 5.74) is -0.596. The van der Waals surface area contributed by atoms with Crippen molar-refractivity contribution in [3.8, 4) is 0 Å². The first kappa shape index (κ1) is 10.5. The predicted molar refractivity (Wildman–Crippen MR) is 52.2 cm³/mol. The van der Waals surface area contributed by atoms with Crippen LogP contribution in [0.2, 0.25) is 0 Å². The van der Waals surface area contributed by atoms with E-state index in [9.17, 15) is 9.59 Å². The van der Waals surface area contributed by atoms with Gasteiger partial charge in [-0.25, -0.2) is 4.79 Å². The molecule has 0 atom stereocenters. The number of carbonyl (C=O) groups excluding carboxylic acids is 1. The predicted octanol–water partition coefficient (Wildman–Crippen LogP) is 1.33. The Balaban J connectivity index is 2.86. The fraction of sp³-hybridized carbons (Fsp3) is 0.400. The molecule has 0 aromatic carbocycles. The molecule has 0 amide bonds. The quantitative estimate of drug-likeness (QED) is 0.688. The summed E-state index contributed by atoms with van der Waals surface area (Å²) in [4.78, 5) is 25.0.